The molecule has 1 amide bonds. The summed E-state index contributed by atoms with van der Waals surface area (Å²) in [5.41, 5.74) is 0.972. The molecule has 6 heteroatoms. The zero-order chi connectivity index (χ0) is 14.0. The molecule has 1 aliphatic heterocycles. The number of nitriles is 1. The quantitative estimate of drug-likeness (QED) is 0.802. The number of benzene rings is 1. The van der Waals surface area contributed by atoms with Crippen molar-refractivity contribution in [1.82, 2.24) is 4.90 Å². The van der Waals surface area contributed by atoms with E-state index in [2.05, 4.69) is 0 Å². The molecule has 0 aliphatic carbocycles. The van der Waals surface area contributed by atoms with Gasteiger partial charge in [0.05, 0.1) is 16.9 Å². The van der Waals surface area contributed by atoms with E-state index in [4.69, 9.17) is 5.26 Å². The zero-order valence-electron chi connectivity index (χ0n) is 10.5. The predicted molar refractivity (Wildman–Crippen MR) is 70.3 cm³/mol. The molecule has 0 bridgehead atoms. The molecule has 100 valence electrons. The van der Waals surface area contributed by atoms with Crippen molar-refractivity contribution < 1.29 is 13.2 Å². The lowest BCUT2D eigenvalue weighted by molar-refractivity contribution is 0.0793. The fourth-order valence-electron chi connectivity index (χ4n) is 2.13. The SMILES string of the molecule is CS(=O)(=O)[C@H]1CCN(C(=O)c2ccc(C#N)cc2)C1. The van der Waals surface area contributed by atoms with E-state index < -0.39 is 15.1 Å². The monoisotopic (exact) mass is 278 g/mol. The minimum Gasteiger partial charge on any atom is -0.337 e. The first kappa shape index (κ1) is 13.6. The number of carbonyl (C=O) groups is 1. The molecule has 0 aromatic heterocycles. The maximum Gasteiger partial charge on any atom is 0.253 e. The molecule has 0 radical (unpaired) electrons. The van der Waals surface area contributed by atoms with E-state index >= 15 is 0 Å². The van der Waals surface area contributed by atoms with E-state index in [9.17, 15) is 13.2 Å². The summed E-state index contributed by atoms with van der Waals surface area (Å²) in [5.74, 6) is -0.185. The van der Waals surface area contributed by atoms with E-state index in [0.717, 1.165) is 0 Å². The van der Waals surface area contributed by atoms with Gasteiger partial charge in [-0.25, -0.2) is 8.42 Å². The summed E-state index contributed by atoms with van der Waals surface area (Å²) in [7, 11) is -3.10. The van der Waals surface area contributed by atoms with Gasteiger partial charge in [0.25, 0.3) is 5.91 Å². The van der Waals surface area contributed by atoms with Crippen molar-refractivity contribution in [3.63, 3.8) is 0 Å². The van der Waals surface area contributed by atoms with Crippen LogP contribution in [-0.2, 0) is 9.84 Å². The van der Waals surface area contributed by atoms with Gasteiger partial charge in [-0.3, -0.25) is 4.79 Å². The third kappa shape index (κ3) is 2.93. The van der Waals surface area contributed by atoms with Crippen LogP contribution in [0.3, 0.4) is 0 Å². The fourth-order valence-corrected chi connectivity index (χ4v) is 3.12. The Hall–Kier alpha value is -1.87. The standard InChI is InChI=1S/C13H14N2O3S/c1-19(17,18)12-6-7-15(9-12)13(16)11-4-2-10(8-14)3-5-11/h2-5,12H,6-7,9H2,1H3/t12-/m0/s1. The van der Waals surface area contributed by atoms with Crippen LogP contribution in [0.15, 0.2) is 24.3 Å². The van der Waals surface area contributed by atoms with Crippen LogP contribution in [-0.4, -0.2) is 43.8 Å². The van der Waals surface area contributed by atoms with Crippen LogP contribution in [0.1, 0.15) is 22.3 Å². The molecule has 5 nitrogen and oxygen atoms in total. The molecular formula is C13H14N2O3S. The number of nitrogens with zero attached hydrogens (tertiary/aromatic N) is 2. The van der Waals surface area contributed by atoms with Gasteiger partial charge in [0, 0.05) is 24.9 Å². The van der Waals surface area contributed by atoms with Crippen molar-refractivity contribution >= 4 is 15.7 Å². The summed E-state index contributed by atoms with van der Waals surface area (Å²) in [5, 5.41) is 8.23. The Balaban J connectivity index is 2.11. The summed E-state index contributed by atoms with van der Waals surface area (Å²) in [6.07, 6.45) is 1.69. The largest absolute Gasteiger partial charge is 0.337 e. The molecule has 0 saturated carbocycles. The first-order valence-corrected chi connectivity index (χ1v) is 7.85. The van der Waals surface area contributed by atoms with Crippen LogP contribution in [0, 0.1) is 11.3 Å². The molecule has 0 N–H and O–H groups in total. The van der Waals surface area contributed by atoms with Crippen LogP contribution in [0.25, 0.3) is 0 Å². The smallest absolute Gasteiger partial charge is 0.253 e. The highest BCUT2D eigenvalue weighted by molar-refractivity contribution is 7.91. The number of amides is 1. The lowest BCUT2D eigenvalue weighted by atomic mass is 10.1. The van der Waals surface area contributed by atoms with Crippen LogP contribution in [0.4, 0.5) is 0 Å². The second-order valence-electron chi connectivity index (χ2n) is 4.68. The van der Waals surface area contributed by atoms with Crippen molar-refractivity contribution in [2.45, 2.75) is 11.7 Å². The molecular weight excluding hydrogens is 264 g/mol. The van der Waals surface area contributed by atoms with Gasteiger partial charge in [-0.05, 0) is 30.7 Å². The second-order valence-corrected chi connectivity index (χ2v) is 7.01. The average Bonchev–Trinajstić information content (AvgIpc) is 2.87. The van der Waals surface area contributed by atoms with Crippen LogP contribution < -0.4 is 0 Å². The Labute approximate surface area is 112 Å². The first-order valence-electron chi connectivity index (χ1n) is 5.90. The number of rotatable bonds is 2. The van der Waals surface area contributed by atoms with E-state index in [-0.39, 0.29) is 12.5 Å². The zero-order valence-corrected chi connectivity index (χ0v) is 11.4. The lowest BCUT2D eigenvalue weighted by Gasteiger charge is -2.16. The molecule has 0 spiro atoms. The summed E-state index contributed by atoms with van der Waals surface area (Å²) >= 11 is 0. The number of hydrogen-bond donors (Lipinski definition) is 0. The average molecular weight is 278 g/mol. The fraction of sp³-hybridized carbons (Fsp3) is 0.385. The Morgan fingerprint density at radius 2 is 2.00 bits per heavy atom. The summed E-state index contributed by atoms with van der Waals surface area (Å²) in [6, 6.07) is 8.33. The topological polar surface area (TPSA) is 78.2 Å². The van der Waals surface area contributed by atoms with Crippen LogP contribution in [0.2, 0.25) is 0 Å². The van der Waals surface area contributed by atoms with Crippen molar-refractivity contribution in [2.24, 2.45) is 0 Å². The van der Waals surface area contributed by atoms with Crippen molar-refractivity contribution in [3.8, 4) is 6.07 Å². The Bertz CT molecular complexity index is 629. The van der Waals surface area contributed by atoms with Gasteiger partial charge in [-0.2, -0.15) is 5.26 Å². The van der Waals surface area contributed by atoms with Crippen molar-refractivity contribution in [1.29, 1.82) is 5.26 Å². The lowest BCUT2D eigenvalue weighted by Crippen LogP contribution is -2.31. The molecule has 1 atom stereocenters. The van der Waals surface area contributed by atoms with Crippen LogP contribution in [0.5, 0.6) is 0 Å². The first-order chi connectivity index (χ1) is 8.91. The third-order valence-corrected chi connectivity index (χ3v) is 4.89. The minimum atomic E-state index is -3.10. The summed E-state index contributed by atoms with van der Waals surface area (Å²) in [4.78, 5) is 13.7. The Kier molecular flexibility index (Phi) is 3.58. The highest BCUT2D eigenvalue weighted by Gasteiger charge is 2.32. The molecule has 1 aliphatic rings. The van der Waals surface area contributed by atoms with Gasteiger partial charge in [-0.1, -0.05) is 0 Å². The molecule has 0 unspecified atom stereocenters. The number of hydrogen-bond acceptors (Lipinski definition) is 4. The molecule has 2 rings (SSSR count). The Morgan fingerprint density at radius 1 is 1.37 bits per heavy atom. The summed E-state index contributed by atoms with van der Waals surface area (Å²) in [6.45, 7) is 0.703. The molecule has 1 fully saturated rings. The maximum absolute atomic E-state index is 12.2. The number of sulfone groups is 1. The van der Waals surface area contributed by atoms with Gasteiger partial charge in [0.2, 0.25) is 0 Å². The highest BCUT2D eigenvalue weighted by Crippen LogP contribution is 2.18. The van der Waals surface area contributed by atoms with E-state index in [1.807, 2.05) is 6.07 Å². The van der Waals surface area contributed by atoms with Gasteiger partial charge in [-0.15, -0.1) is 0 Å². The van der Waals surface area contributed by atoms with E-state index in [0.29, 0.717) is 24.1 Å². The van der Waals surface area contributed by atoms with E-state index in [1.165, 1.54) is 6.26 Å². The van der Waals surface area contributed by atoms with Gasteiger partial charge in [0.15, 0.2) is 9.84 Å². The molecule has 19 heavy (non-hydrogen) atoms. The van der Waals surface area contributed by atoms with Crippen molar-refractivity contribution in [3.05, 3.63) is 35.4 Å². The highest BCUT2D eigenvalue weighted by atomic mass is 32.2. The predicted octanol–water partition coefficient (Wildman–Crippen LogP) is 0.817. The maximum atomic E-state index is 12.2. The normalized spacial score (nSPS) is 19.2. The van der Waals surface area contributed by atoms with Gasteiger partial charge < -0.3 is 4.90 Å². The number of likely N-dealkylation sites (tertiary alicyclic amines) is 1. The summed E-state index contributed by atoms with van der Waals surface area (Å²) < 4.78 is 22.9. The number of carbonyl (C=O) groups excluding carboxylic acids is 1. The molecule has 1 aromatic rings. The second kappa shape index (κ2) is 5.02. The van der Waals surface area contributed by atoms with E-state index in [1.54, 1.807) is 29.2 Å². The molecule has 1 heterocycles. The minimum absolute atomic E-state index is 0.185. The third-order valence-electron chi connectivity index (χ3n) is 3.30. The van der Waals surface area contributed by atoms with Crippen LogP contribution >= 0.6 is 0 Å². The molecule has 1 saturated heterocycles. The van der Waals surface area contributed by atoms with Crippen molar-refractivity contribution in [2.75, 3.05) is 19.3 Å². The Morgan fingerprint density at radius 3 is 2.47 bits per heavy atom. The molecule has 1 aromatic carbocycles. The van der Waals surface area contributed by atoms with Gasteiger partial charge in [0.1, 0.15) is 0 Å². The van der Waals surface area contributed by atoms with Gasteiger partial charge >= 0.3 is 0 Å².